The third-order valence-corrected chi connectivity index (χ3v) is 7.74. The predicted molar refractivity (Wildman–Crippen MR) is 154 cm³/mol. The van der Waals surface area contributed by atoms with Gasteiger partial charge in [-0.05, 0) is 37.0 Å². The first-order chi connectivity index (χ1) is 16.5. The van der Waals surface area contributed by atoms with E-state index in [0.29, 0.717) is 0 Å². The van der Waals surface area contributed by atoms with Crippen molar-refractivity contribution in [1.82, 2.24) is 0 Å². The lowest BCUT2D eigenvalue weighted by Crippen LogP contribution is -2.15. The van der Waals surface area contributed by atoms with Crippen LogP contribution in [0.2, 0.25) is 0 Å². The van der Waals surface area contributed by atoms with E-state index in [9.17, 15) is 0 Å². The number of unbranched alkanes of at least 4 members (excludes halogenated alkanes) is 15. The number of rotatable bonds is 19. The number of halogens is 1. The standard InChI is InChI=1S/C33H51Cl/c1-4-5-6-7-8-9-10-11-12-13-14-15-16-17-18-21-28-33(3,34)32-23-20-19-22-31(32)30-26-24-29(2)25-27-30/h19-20,22-27H,4-18,21,28H2,1-3H3. The van der Waals surface area contributed by atoms with Crippen molar-refractivity contribution in [2.45, 2.75) is 135 Å². The fourth-order valence-corrected chi connectivity index (χ4v) is 5.36. The summed E-state index contributed by atoms with van der Waals surface area (Å²) in [6, 6.07) is 17.5. The number of benzene rings is 2. The van der Waals surface area contributed by atoms with Gasteiger partial charge in [0.25, 0.3) is 0 Å². The number of aryl methyl sites for hydroxylation is 1. The average Bonchev–Trinajstić information content (AvgIpc) is 2.84. The van der Waals surface area contributed by atoms with E-state index in [4.69, 9.17) is 11.6 Å². The van der Waals surface area contributed by atoms with E-state index in [-0.39, 0.29) is 4.87 Å². The van der Waals surface area contributed by atoms with Crippen LogP contribution in [0.4, 0.5) is 0 Å². The van der Waals surface area contributed by atoms with Gasteiger partial charge in [-0.15, -0.1) is 11.6 Å². The summed E-state index contributed by atoms with van der Waals surface area (Å²) in [5.41, 5.74) is 5.10. The molecule has 2 aromatic rings. The minimum Gasteiger partial charge on any atom is -0.114 e. The molecule has 0 radical (unpaired) electrons. The van der Waals surface area contributed by atoms with Crippen LogP contribution in [0.1, 0.15) is 134 Å². The maximum atomic E-state index is 7.11. The fraction of sp³-hybridized carbons (Fsp3) is 0.636. The summed E-state index contributed by atoms with van der Waals surface area (Å²) >= 11 is 7.11. The van der Waals surface area contributed by atoms with Gasteiger partial charge in [-0.25, -0.2) is 0 Å². The smallest absolute Gasteiger partial charge is 0.0672 e. The molecule has 190 valence electrons. The van der Waals surface area contributed by atoms with Crippen molar-refractivity contribution in [3.63, 3.8) is 0 Å². The minimum absolute atomic E-state index is 0.308. The van der Waals surface area contributed by atoms with Gasteiger partial charge in [-0.1, -0.05) is 164 Å². The van der Waals surface area contributed by atoms with E-state index >= 15 is 0 Å². The Labute approximate surface area is 216 Å². The van der Waals surface area contributed by atoms with Crippen LogP contribution in [0, 0.1) is 6.92 Å². The minimum atomic E-state index is -0.308. The van der Waals surface area contributed by atoms with Gasteiger partial charge in [0, 0.05) is 0 Å². The highest BCUT2D eigenvalue weighted by atomic mass is 35.5. The highest BCUT2D eigenvalue weighted by Gasteiger charge is 2.26. The molecule has 0 amide bonds. The first-order valence-corrected chi connectivity index (χ1v) is 14.8. The highest BCUT2D eigenvalue weighted by molar-refractivity contribution is 6.24. The molecule has 2 rings (SSSR count). The largest absolute Gasteiger partial charge is 0.114 e. The maximum Gasteiger partial charge on any atom is 0.0672 e. The van der Waals surface area contributed by atoms with Crippen LogP contribution in [0.3, 0.4) is 0 Å². The van der Waals surface area contributed by atoms with E-state index < -0.39 is 0 Å². The molecule has 1 heteroatoms. The summed E-state index contributed by atoms with van der Waals surface area (Å²) in [6.07, 6.45) is 23.5. The Hall–Kier alpha value is -1.27. The van der Waals surface area contributed by atoms with Crippen LogP contribution in [-0.2, 0) is 4.87 Å². The molecule has 0 saturated heterocycles. The third-order valence-electron chi connectivity index (χ3n) is 7.35. The van der Waals surface area contributed by atoms with Crippen molar-refractivity contribution in [2.75, 3.05) is 0 Å². The molecular formula is C33H51Cl. The molecule has 1 atom stereocenters. The normalized spacial score (nSPS) is 13.2. The van der Waals surface area contributed by atoms with Gasteiger partial charge in [-0.2, -0.15) is 0 Å². The molecule has 0 aliphatic rings. The second-order valence-corrected chi connectivity index (χ2v) is 11.5. The van der Waals surface area contributed by atoms with Gasteiger partial charge in [0.15, 0.2) is 0 Å². The Morgan fingerprint density at radius 2 is 1.03 bits per heavy atom. The highest BCUT2D eigenvalue weighted by Crippen LogP contribution is 2.40. The Morgan fingerprint density at radius 1 is 0.588 bits per heavy atom. The molecular weight excluding hydrogens is 432 g/mol. The molecule has 0 nitrogen and oxygen atoms in total. The van der Waals surface area contributed by atoms with Gasteiger partial charge in [-0.3, -0.25) is 0 Å². The average molecular weight is 483 g/mol. The lowest BCUT2D eigenvalue weighted by Gasteiger charge is -2.26. The van der Waals surface area contributed by atoms with E-state index in [1.165, 1.54) is 125 Å². The van der Waals surface area contributed by atoms with Gasteiger partial charge < -0.3 is 0 Å². The molecule has 0 aliphatic carbocycles. The van der Waals surface area contributed by atoms with Crippen molar-refractivity contribution < 1.29 is 0 Å². The second-order valence-electron chi connectivity index (χ2n) is 10.7. The number of hydrogen-bond donors (Lipinski definition) is 0. The van der Waals surface area contributed by atoms with E-state index in [1.54, 1.807) is 0 Å². The zero-order chi connectivity index (χ0) is 24.5. The second kappa shape index (κ2) is 17.2. The van der Waals surface area contributed by atoms with E-state index in [1.807, 2.05) is 0 Å². The van der Waals surface area contributed by atoms with Crippen molar-refractivity contribution in [3.8, 4) is 11.1 Å². The molecule has 0 bridgehead atoms. The Balaban J connectivity index is 1.55. The summed E-state index contributed by atoms with van der Waals surface area (Å²) in [5.74, 6) is 0. The SMILES string of the molecule is CCCCCCCCCCCCCCCCCCC(C)(Cl)c1ccccc1-c1ccc(C)cc1. The molecule has 0 aliphatic heterocycles. The quantitative estimate of drug-likeness (QED) is 0.138. The number of hydrogen-bond acceptors (Lipinski definition) is 0. The van der Waals surface area contributed by atoms with Crippen molar-refractivity contribution in [3.05, 3.63) is 59.7 Å². The van der Waals surface area contributed by atoms with Crippen LogP contribution >= 0.6 is 11.6 Å². The molecule has 0 heterocycles. The lowest BCUT2D eigenvalue weighted by molar-refractivity contribution is 0.509. The van der Waals surface area contributed by atoms with Crippen LogP contribution in [0.25, 0.3) is 11.1 Å². The van der Waals surface area contributed by atoms with Crippen LogP contribution < -0.4 is 0 Å². The summed E-state index contributed by atoms with van der Waals surface area (Å²) in [5, 5.41) is 0. The molecule has 2 aromatic carbocycles. The van der Waals surface area contributed by atoms with Gasteiger partial charge >= 0.3 is 0 Å². The van der Waals surface area contributed by atoms with Crippen molar-refractivity contribution in [1.29, 1.82) is 0 Å². The number of alkyl halides is 1. The molecule has 0 saturated carbocycles. The zero-order valence-electron chi connectivity index (χ0n) is 22.5. The summed E-state index contributed by atoms with van der Waals surface area (Å²) in [4.78, 5) is -0.308. The van der Waals surface area contributed by atoms with Crippen molar-refractivity contribution >= 4 is 11.6 Å². The van der Waals surface area contributed by atoms with Gasteiger partial charge in [0.1, 0.15) is 0 Å². The summed E-state index contributed by atoms with van der Waals surface area (Å²) in [6.45, 7) is 6.63. The molecule has 34 heavy (non-hydrogen) atoms. The third kappa shape index (κ3) is 11.4. The Kier molecular flexibility index (Phi) is 14.7. The topological polar surface area (TPSA) is 0 Å². The van der Waals surface area contributed by atoms with E-state index in [0.717, 1.165) is 6.42 Å². The molecule has 0 fully saturated rings. The molecule has 1 unspecified atom stereocenters. The summed E-state index contributed by atoms with van der Waals surface area (Å²) < 4.78 is 0. The lowest BCUT2D eigenvalue weighted by atomic mass is 9.87. The Morgan fingerprint density at radius 3 is 1.53 bits per heavy atom. The monoisotopic (exact) mass is 482 g/mol. The maximum absolute atomic E-state index is 7.11. The van der Waals surface area contributed by atoms with Gasteiger partial charge in [0.05, 0.1) is 4.87 Å². The predicted octanol–water partition coefficient (Wildman–Crippen LogP) is 11.8. The first-order valence-electron chi connectivity index (χ1n) is 14.4. The summed E-state index contributed by atoms with van der Waals surface area (Å²) in [7, 11) is 0. The zero-order valence-corrected chi connectivity index (χ0v) is 23.3. The van der Waals surface area contributed by atoms with E-state index in [2.05, 4.69) is 69.3 Å². The fourth-order valence-electron chi connectivity index (χ4n) is 5.06. The van der Waals surface area contributed by atoms with Crippen LogP contribution in [0.5, 0.6) is 0 Å². The van der Waals surface area contributed by atoms with Crippen LogP contribution in [0.15, 0.2) is 48.5 Å². The van der Waals surface area contributed by atoms with Crippen LogP contribution in [-0.4, -0.2) is 0 Å². The first kappa shape index (κ1) is 29.0. The van der Waals surface area contributed by atoms with Crippen molar-refractivity contribution in [2.24, 2.45) is 0 Å². The molecule has 0 aromatic heterocycles. The molecule has 0 spiro atoms. The van der Waals surface area contributed by atoms with Gasteiger partial charge in [0.2, 0.25) is 0 Å². The molecule has 0 N–H and O–H groups in total. The Bertz CT molecular complexity index is 758.